The molecular weight excluding hydrogens is 292 g/mol. The molecule has 1 aliphatic carbocycles. The number of rotatable bonds is 4. The topological polar surface area (TPSA) is 86.7 Å². The van der Waals surface area contributed by atoms with Crippen molar-refractivity contribution in [3.63, 3.8) is 0 Å². The molecule has 1 aromatic heterocycles. The number of likely N-dealkylation sites (tertiary alicyclic amines) is 1. The number of amides is 2. The van der Waals surface area contributed by atoms with E-state index in [1.807, 2.05) is 0 Å². The average Bonchev–Trinajstić information content (AvgIpc) is 3.00. The summed E-state index contributed by atoms with van der Waals surface area (Å²) in [6, 6.07) is 2.61. The molecule has 0 bridgehead atoms. The van der Waals surface area contributed by atoms with Crippen molar-refractivity contribution in [1.82, 2.24) is 4.90 Å². The van der Waals surface area contributed by atoms with Crippen molar-refractivity contribution in [3.05, 3.63) is 17.0 Å². The van der Waals surface area contributed by atoms with Gasteiger partial charge in [0.15, 0.2) is 0 Å². The molecule has 2 aliphatic rings. The summed E-state index contributed by atoms with van der Waals surface area (Å²) in [4.78, 5) is 37.0. The Morgan fingerprint density at radius 1 is 1.24 bits per heavy atom. The lowest BCUT2D eigenvalue weighted by molar-refractivity contribution is -0.141. The number of carboxylic acids is 1. The van der Waals surface area contributed by atoms with Crippen LogP contribution in [-0.4, -0.2) is 40.4 Å². The normalized spacial score (nSPS) is 21.3. The third-order valence-electron chi connectivity index (χ3n) is 3.81. The van der Waals surface area contributed by atoms with Gasteiger partial charge >= 0.3 is 5.97 Å². The molecule has 21 heavy (non-hydrogen) atoms. The molecule has 0 spiro atoms. The predicted molar refractivity (Wildman–Crippen MR) is 77.4 cm³/mol. The first-order chi connectivity index (χ1) is 10.1. The van der Waals surface area contributed by atoms with E-state index >= 15 is 0 Å². The van der Waals surface area contributed by atoms with E-state index in [-0.39, 0.29) is 17.7 Å². The zero-order valence-corrected chi connectivity index (χ0v) is 12.2. The molecule has 1 aliphatic heterocycles. The highest BCUT2D eigenvalue weighted by atomic mass is 32.1. The van der Waals surface area contributed by atoms with Crippen LogP contribution in [-0.2, 0) is 9.59 Å². The van der Waals surface area contributed by atoms with Crippen LogP contribution < -0.4 is 5.32 Å². The second-order valence-electron chi connectivity index (χ2n) is 5.42. The lowest BCUT2D eigenvalue weighted by Gasteiger charge is -2.20. The van der Waals surface area contributed by atoms with Gasteiger partial charge in [0.25, 0.3) is 5.91 Å². The van der Waals surface area contributed by atoms with Gasteiger partial charge in [0.1, 0.15) is 6.04 Å². The summed E-state index contributed by atoms with van der Waals surface area (Å²) in [6.07, 6.45) is 3.06. The minimum absolute atomic E-state index is 0.000402. The molecule has 1 saturated heterocycles. The number of hydrogen-bond acceptors (Lipinski definition) is 4. The molecule has 2 fully saturated rings. The molecule has 0 radical (unpaired) electrons. The zero-order chi connectivity index (χ0) is 15.0. The summed E-state index contributed by atoms with van der Waals surface area (Å²) in [5.74, 6) is -1.11. The molecule has 2 N–H and O–H groups in total. The first-order valence-corrected chi connectivity index (χ1v) is 7.82. The molecule has 2 heterocycles. The van der Waals surface area contributed by atoms with Crippen LogP contribution in [0, 0.1) is 5.92 Å². The Morgan fingerprint density at radius 3 is 2.67 bits per heavy atom. The molecule has 3 rings (SSSR count). The number of aliphatic carboxylic acids is 1. The smallest absolute Gasteiger partial charge is 0.326 e. The predicted octanol–water partition coefficient (Wildman–Crippen LogP) is 1.79. The summed E-state index contributed by atoms with van der Waals surface area (Å²) in [7, 11) is 0. The zero-order valence-electron chi connectivity index (χ0n) is 11.4. The van der Waals surface area contributed by atoms with Crippen molar-refractivity contribution < 1.29 is 19.5 Å². The van der Waals surface area contributed by atoms with Crippen LogP contribution >= 0.6 is 11.3 Å². The summed E-state index contributed by atoms with van der Waals surface area (Å²) in [6.45, 7) is 0.470. The van der Waals surface area contributed by atoms with Gasteiger partial charge in [-0.25, -0.2) is 4.79 Å². The summed E-state index contributed by atoms with van der Waals surface area (Å²) < 4.78 is 0. The van der Waals surface area contributed by atoms with Gasteiger partial charge in [0.05, 0.1) is 9.88 Å². The van der Waals surface area contributed by atoms with E-state index in [9.17, 15) is 14.4 Å². The number of hydrogen-bond donors (Lipinski definition) is 2. The number of carboxylic acid groups (broad SMARTS) is 1. The van der Waals surface area contributed by atoms with Crippen molar-refractivity contribution in [3.8, 4) is 0 Å². The second kappa shape index (κ2) is 5.48. The Kier molecular flexibility index (Phi) is 3.67. The van der Waals surface area contributed by atoms with Crippen LogP contribution in [0.3, 0.4) is 0 Å². The molecule has 0 unspecified atom stereocenters. The van der Waals surface area contributed by atoms with Gasteiger partial charge in [-0.2, -0.15) is 0 Å². The summed E-state index contributed by atoms with van der Waals surface area (Å²) in [5.41, 5.74) is 0. The molecule has 112 valence electrons. The van der Waals surface area contributed by atoms with E-state index in [1.165, 1.54) is 16.2 Å². The number of nitrogens with zero attached hydrogens (tertiary/aromatic N) is 1. The van der Waals surface area contributed by atoms with Gasteiger partial charge < -0.3 is 15.3 Å². The first-order valence-electron chi connectivity index (χ1n) is 7.01. The minimum atomic E-state index is -0.959. The third-order valence-corrected chi connectivity index (χ3v) is 4.80. The molecule has 1 aromatic rings. The summed E-state index contributed by atoms with van der Waals surface area (Å²) in [5, 5.41) is 12.6. The second-order valence-corrected chi connectivity index (χ2v) is 6.51. The van der Waals surface area contributed by atoms with Crippen molar-refractivity contribution >= 4 is 34.1 Å². The molecule has 0 aromatic carbocycles. The first kappa shape index (κ1) is 14.1. The Bertz CT molecular complexity index is 594. The van der Waals surface area contributed by atoms with Crippen LogP contribution in [0.15, 0.2) is 12.1 Å². The van der Waals surface area contributed by atoms with Crippen molar-refractivity contribution in [1.29, 1.82) is 0 Å². The van der Waals surface area contributed by atoms with E-state index in [1.54, 1.807) is 12.1 Å². The van der Waals surface area contributed by atoms with Crippen LogP contribution in [0.2, 0.25) is 0 Å². The largest absolute Gasteiger partial charge is 0.480 e. The molecule has 1 saturated carbocycles. The van der Waals surface area contributed by atoms with Crippen LogP contribution in [0.5, 0.6) is 0 Å². The number of anilines is 1. The van der Waals surface area contributed by atoms with Gasteiger partial charge in [0, 0.05) is 12.5 Å². The van der Waals surface area contributed by atoms with Gasteiger partial charge in [-0.05, 0) is 37.8 Å². The molecule has 7 heteroatoms. The minimum Gasteiger partial charge on any atom is -0.480 e. The van der Waals surface area contributed by atoms with Crippen LogP contribution in [0.4, 0.5) is 5.00 Å². The van der Waals surface area contributed by atoms with Crippen LogP contribution in [0.25, 0.3) is 0 Å². The van der Waals surface area contributed by atoms with Gasteiger partial charge in [-0.1, -0.05) is 0 Å². The summed E-state index contributed by atoms with van der Waals surface area (Å²) >= 11 is 1.20. The Hall–Kier alpha value is -1.89. The van der Waals surface area contributed by atoms with Crippen molar-refractivity contribution in [2.45, 2.75) is 31.7 Å². The maximum atomic E-state index is 12.4. The average molecular weight is 308 g/mol. The van der Waals surface area contributed by atoms with Gasteiger partial charge in [0.2, 0.25) is 5.91 Å². The van der Waals surface area contributed by atoms with E-state index in [4.69, 9.17) is 5.11 Å². The Balaban J connectivity index is 1.68. The van der Waals surface area contributed by atoms with E-state index < -0.39 is 12.0 Å². The molecular formula is C14H16N2O4S. The quantitative estimate of drug-likeness (QED) is 0.887. The van der Waals surface area contributed by atoms with Crippen LogP contribution in [0.1, 0.15) is 35.4 Å². The maximum Gasteiger partial charge on any atom is 0.326 e. The highest BCUT2D eigenvalue weighted by molar-refractivity contribution is 7.18. The highest BCUT2D eigenvalue weighted by Crippen LogP contribution is 2.32. The van der Waals surface area contributed by atoms with Gasteiger partial charge in [-0.3, -0.25) is 9.59 Å². The number of carbonyl (C=O) groups is 3. The standard InChI is InChI=1S/C14H16N2O4S/c17-12(8-3-4-8)15-11-6-5-10(21-11)13(18)16-7-1-2-9(16)14(19)20/h5-6,8-9H,1-4,7H2,(H,15,17)(H,19,20)/t9-/m1/s1. The fourth-order valence-electron chi connectivity index (χ4n) is 2.50. The number of nitrogens with one attached hydrogen (secondary N) is 1. The number of carbonyl (C=O) groups excluding carboxylic acids is 2. The van der Waals surface area contributed by atoms with Crippen molar-refractivity contribution in [2.75, 3.05) is 11.9 Å². The lowest BCUT2D eigenvalue weighted by Crippen LogP contribution is -2.40. The highest BCUT2D eigenvalue weighted by Gasteiger charge is 2.35. The monoisotopic (exact) mass is 308 g/mol. The van der Waals surface area contributed by atoms with E-state index in [0.717, 1.165) is 12.8 Å². The molecule has 6 nitrogen and oxygen atoms in total. The Morgan fingerprint density at radius 2 is 2.00 bits per heavy atom. The number of thiophene rings is 1. The fourth-order valence-corrected chi connectivity index (χ4v) is 3.36. The molecule has 1 atom stereocenters. The fraction of sp³-hybridized carbons (Fsp3) is 0.500. The molecule has 2 amide bonds. The third kappa shape index (κ3) is 2.92. The van der Waals surface area contributed by atoms with Crippen molar-refractivity contribution in [2.24, 2.45) is 5.92 Å². The van der Waals surface area contributed by atoms with E-state index in [2.05, 4.69) is 5.32 Å². The lowest BCUT2D eigenvalue weighted by atomic mass is 10.2. The van der Waals surface area contributed by atoms with E-state index in [0.29, 0.717) is 29.3 Å². The Labute approximate surface area is 125 Å². The van der Waals surface area contributed by atoms with Gasteiger partial charge in [-0.15, -0.1) is 11.3 Å². The SMILES string of the molecule is O=C(Nc1ccc(C(=O)N2CCC[C@@H]2C(=O)O)s1)C1CC1. The maximum absolute atomic E-state index is 12.4.